The van der Waals surface area contributed by atoms with Gasteiger partial charge in [0.05, 0.1) is 13.5 Å². The number of nitrogens with one attached hydrogen (secondary N) is 1. The van der Waals surface area contributed by atoms with E-state index < -0.39 is 0 Å². The van der Waals surface area contributed by atoms with E-state index in [9.17, 15) is 4.79 Å². The van der Waals surface area contributed by atoms with E-state index in [0.717, 1.165) is 16.9 Å². The number of carbonyl (C=O) groups is 1. The van der Waals surface area contributed by atoms with Crippen LogP contribution < -0.4 is 10.1 Å². The van der Waals surface area contributed by atoms with Crippen molar-refractivity contribution in [3.63, 3.8) is 0 Å². The van der Waals surface area contributed by atoms with Crippen LogP contribution in [0.1, 0.15) is 31.9 Å². The fraction of sp³-hybridized carbons (Fsp3) is 0.400. The summed E-state index contributed by atoms with van der Waals surface area (Å²) in [6.45, 7) is 9.61. The van der Waals surface area contributed by atoms with Crippen LogP contribution in [0.25, 0.3) is 6.08 Å². The number of amides is 1. The van der Waals surface area contributed by atoms with E-state index in [-0.39, 0.29) is 11.4 Å². The zero-order valence-corrected chi connectivity index (χ0v) is 11.5. The first-order valence-corrected chi connectivity index (χ1v) is 5.96. The molecule has 0 atom stereocenters. The minimum absolute atomic E-state index is 0.0120. The highest BCUT2D eigenvalue weighted by atomic mass is 16.5. The lowest BCUT2D eigenvalue weighted by atomic mass is 10.0. The minimum atomic E-state index is -0.222. The largest absolute Gasteiger partial charge is 0.496 e. The summed E-state index contributed by atoms with van der Waals surface area (Å²) in [4.78, 5) is 11.9. The number of hydrogen-bond acceptors (Lipinski definition) is 2. The SMILES string of the molecule is C=Cc1ccc(OC)c(CC(=O)NC(C)(C)C)c1. The molecule has 0 bridgehead atoms. The van der Waals surface area contributed by atoms with E-state index in [2.05, 4.69) is 11.9 Å². The highest BCUT2D eigenvalue weighted by molar-refractivity contribution is 5.80. The predicted octanol–water partition coefficient (Wildman–Crippen LogP) is 2.80. The molecule has 1 rings (SSSR count). The maximum atomic E-state index is 11.9. The van der Waals surface area contributed by atoms with Crippen LogP contribution in [0.15, 0.2) is 24.8 Å². The van der Waals surface area contributed by atoms with Crippen LogP contribution in [0.2, 0.25) is 0 Å². The molecule has 18 heavy (non-hydrogen) atoms. The Labute approximate surface area is 109 Å². The fourth-order valence-electron chi connectivity index (χ4n) is 1.70. The molecule has 0 aliphatic carbocycles. The Bertz CT molecular complexity index is 444. The van der Waals surface area contributed by atoms with Crippen molar-refractivity contribution in [2.75, 3.05) is 7.11 Å². The van der Waals surface area contributed by atoms with Crippen LogP contribution in [0.5, 0.6) is 5.75 Å². The van der Waals surface area contributed by atoms with Gasteiger partial charge in [0.1, 0.15) is 5.75 Å². The molecule has 1 aromatic rings. The van der Waals surface area contributed by atoms with Gasteiger partial charge in [-0.05, 0) is 38.5 Å². The number of benzene rings is 1. The van der Waals surface area contributed by atoms with Crippen LogP contribution in [0.3, 0.4) is 0 Å². The fourth-order valence-corrected chi connectivity index (χ4v) is 1.70. The van der Waals surface area contributed by atoms with Crippen LogP contribution in [-0.2, 0) is 11.2 Å². The highest BCUT2D eigenvalue weighted by Crippen LogP contribution is 2.21. The molecular weight excluding hydrogens is 226 g/mol. The van der Waals surface area contributed by atoms with Crippen LogP contribution in [-0.4, -0.2) is 18.6 Å². The van der Waals surface area contributed by atoms with Gasteiger partial charge in [-0.25, -0.2) is 0 Å². The second-order valence-corrected chi connectivity index (χ2v) is 5.25. The zero-order valence-electron chi connectivity index (χ0n) is 11.5. The summed E-state index contributed by atoms with van der Waals surface area (Å²) in [5, 5.41) is 2.94. The zero-order chi connectivity index (χ0) is 13.8. The highest BCUT2D eigenvalue weighted by Gasteiger charge is 2.15. The van der Waals surface area contributed by atoms with Crippen LogP contribution >= 0.6 is 0 Å². The lowest BCUT2D eigenvalue weighted by Crippen LogP contribution is -2.41. The molecule has 1 amide bonds. The van der Waals surface area contributed by atoms with E-state index in [4.69, 9.17) is 4.74 Å². The van der Waals surface area contributed by atoms with E-state index in [0.29, 0.717) is 6.42 Å². The third kappa shape index (κ3) is 4.24. The number of carbonyl (C=O) groups excluding carboxylic acids is 1. The van der Waals surface area contributed by atoms with Gasteiger partial charge in [0, 0.05) is 11.1 Å². The summed E-state index contributed by atoms with van der Waals surface area (Å²) in [7, 11) is 1.61. The van der Waals surface area contributed by atoms with Gasteiger partial charge in [-0.3, -0.25) is 4.79 Å². The van der Waals surface area contributed by atoms with Crippen molar-refractivity contribution in [1.29, 1.82) is 0 Å². The topological polar surface area (TPSA) is 38.3 Å². The van der Waals surface area contributed by atoms with Gasteiger partial charge >= 0.3 is 0 Å². The first-order chi connectivity index (χ1) is 8.35. The third-order valence-electron chi connectivity index (χ3n) is 2.41. The average molecular weight is 247 g/mol. The molecule has 0 aliphatic rings. The van der Waals surface area contributed by atoms with Crippen molar-refractivity contribution < 1.29 is 9.53 Å². The van der Waals surface area contributed by atoms with Crippen LogP contribution in [0, 0.1) is 0 Å². The maximum Gasteiger partial charge on any atom is 0.224 e. The Kier molecular flexibility index (Phi) is 4.54. The third-order valence-corrected chi connectivity index (χ3v) is 2.41. The average Bonchev–Trinajstić information content (AvgIpc) is 2.26. The van der Waals surface area contributed by atoms with E-state index >= 15 is 0 Å². The second kappa shape index (κ2) is 5.71. The van der Waals surface area contributed by atoms with Crippen molar-refractivity contribution in [3.05, 3.63) is 35.9 Å². The molecule has 3 nitrogen and oxygen atoms in total. The molecule has 0 saturated carbocycles. The van der Waals surface area contributed by atoms with E-state index in [1.54, 1.807) is 13.2 Å². The molecule has 1 N–H and O–H groups in total. The van der Waals surface area contributed by atoms with Crippen molar-refractivity contribution in [3.8, 4) is 5.75 Å². The second-order valence-electron chi connectivity index (χ2n) is 5.25. The van der Waals surface area contributed by atoms with Crippen LogP contribution in [0.4, 0.5) is 0 Å². The van der Waals surface area contributed by atoms with Crippen molar-refractivity contribution in [1.82, 2.24) is 5.32 Å². The summed E-state index contributed by atoms with van der Waals surface area (Å²) in [5.41, 5.74) is 1.63. The molecule has 0 fully saturated rings. The Hall–Kier alpha value is -1.77. The summed E-state index contributed by atoms with van der Waals surface area (Å²) in [6, 6.07) is 5.70. The minimum Gasteiger partial charge on any atom is -0.496 e. The molecule has 98 valence electrons. The van der Waals surface area contributed by atoms with E-state index in [1.165, 1.54) is 0 Å². The lowest BCUT2D eigenvalue weighted by Gasteiger charge is -2.21. The molecule has 0 spiro atoms. The van der Waals surface area contributed by atoms with Crippen molar-refractivity contribution in [2.24, 2.45) is 0 Å². The van der Waals surface area contributed by atoms with Crippen molar-refractivity contribution in [2.45, 2.75) is 32.7 Å². The molecular formula is C15H21NO2. The molecule has 0 saturated heterocycles. The smallest absolute Gasteiger partial charge is 0.224 e. The number of rotatable bonds is 4. The van der Waals surface area contributed by atoms with Gasteiger partial charge in [-0.1, -0.05) is 18.7 Å². The molecule has 3 heteroatoms. The monoisotopic (exact) mass is 247 g/mol. The van der Waals surface area contributed by atoms with Gasteiger partial charge in [0.15, 0.2) is 0 Å². The first-order valence-electron chi connectivity index (χ1n) is 5.96. The van der Waals surface area contributed by atoms with Gasteiger partial charge in [-0.15, -0.1) is 0 Å². The molecule has 0 aliphatic heterocycles. The maximum absolute atomic E-state index is 11.9. The first kappa shape index (κ1) is 14.3. The number of ether oxygens (including phenoxy) is 1. The molecule has 0 unspecified atom stereocenters. The Balaban J connectivity index is 2.88. The van der Waals surface area contributed by atoms with Crippen molar-refractivity contribution >= 4 is 12.0 Å². The normalized spacial score (nSPS) is 10.9. The molecule has 0 aromatic heterocycles. The Morgan fingerprint density at radius 1 is 1.44 bits per heavy atom. The number of hydrogen-bond donors (Lipinski definition) is 1. The standard InChI is InChI=1S/C15H21NO2/c1-6-11-7-8-13(18-5)12(9-11)10-14(17)16-15(2,3)4/h6-9H,1,10H2,2-5H3,(H,16,17). The predicted molar refractivity (Wildman–Crippen MR) is 74.7 cm³/mol. The van der Waals surface area contributed by atoms with Gasteiger partial charge in [-0.2, -0.15) is 0 Å². The Morgan fingerprint density at radius 2 is 2.11 bits per heavy atom. The molecule has 0 radical (unpaired) electrons. The molecule has 0 heterocycles. The quantitative estimate of drug-likeness (QED) is 0.888. The van der Waals surface area contributed by atoms with Gasteiger partial charge < -0.3 is 10.1 Å². The molecule has 1 aromatic carbocycles. The lowest BCUT2D eigenvalue weighted by molar-refractivity contribution is -0.121. The van der Waals surface area contributed by atoms with Gasteiger partial charge in [0.25, 0.3) is 0 Å². The summed E-state index contributed by atoms with van der Waals surface area (Å²) < 4.78 is 5.26. The summed E-state index contributed by atoms with van der Waals surface area (Å²) in [6.07, 6.45) is 2.06. The van der Waals surface area contributed by atoms with E-state index in [1.807, 2.05) is 39.0 Å². The number of methoxy groups -OCH3 is 1. The summed E-state index contributed by atoms with van der Waals surface area (Å²) >= 11 is 0. The summed E-state index contributed by atoms with van der Waals surface area (Å²) in [5.74, 6) is 0.715. The van der Waals surface area contributed by atoms with Gasteiger partial charge in [0.2, 0.25) is 5.91 Å². The Morgan fingerprint density at radius 3 is 2.61 bits per heavy atom.